The minimum atomic E-state index is -1.19. The van der Waals surface area contributed by atoms with E-state index in [1.54, 1.807) is 17.5 Å². The van der Waals surface area contributed by atoms with E-state index in [1.807, 2.05) is 63.2 Å². The van der Waals surface area contributed by atoms with Crippen molar-refractivity contribution < 1.29 is 38.1 Å². The number of pyridine rings is 1. The molecule has 1 aliphatic heterocycles. The molecule has 0 spiro atoms. The number of hydrogen-bond donors (Lipinski definition) is 0. The van der Waals surface area contributed by atoms with Crippen molar-refractivity contribution in [2.75, 3.05) is 39.7 Å². The molecule has 52 heavy (non-hydrogen) atoms. The lowest BCUT2D eigenvalue weighted by Gasteiger charge is -2.37. The molecule has 0 saturated carbocycles. The fraction of sp³-hybridized carbons (Fsp3) is 0.463. The molecule has 280 valence electrons. The first kappa shape index (κ1) is 39.2. The fourth-order valence-electron chi connectivity index (χ4n) is 5.88. The number of ether oxygens (including phenoxy) is 6. The van der Waals surface area contributed by atoms with Gasteiger partial charge in [0.1, 0.15) is 23.7 Å². The van der Waals surface area contributed by atoms with E-state index in [4.69, 9.17) is 33.3 Å². The van der Waals surface area contributed by atoms with E-state index in [0.717, 1.165) is 51.4 Å². The molecule has 0 amide bonds. The van der Waals surface area contributed by atoms with Gasteiger partial charge in [-0.3, -0.25) is 4.98 Å². The first-order valence-corrected chi connectivity index (χ1v) is 21.8. The van der Waals surface area contributed by atoms with Gasteiger partial charge in [-0.25, -0.2) is 4.79 Å². The molecule has 2 unspecified atom stereocenters. The standard InChI is InChI=1S/C41H54N2O8Si/c1-41(2,3)50-40(44)51-43-19-17-37(33-13-15-35(16-14-33)47-21-20-45-28-31-10-9-18-42-26-31)39(27-43)48-29-32-24-34-11-7-8-12-36(34)38(25-32)49-30-46-22-23-52(4,5)6/h7-16,18,24-26,37,39H,17,19-23,27-30H2,1-6H3. The van der Waals surface area contributed by atoms with E-state index in [1.165, 1.54) is 0 Å². The van der Waals surface area contributed by atoms with Crippen LogP contribution in [0.15, 0.2) is 85.2 Å². The summed E-state index contributed by atoms with van der Waals surface area (Å²) >= 11 is 0. The highest BCUT2D eigenvalue weighted by Crippen LogP contribution is 2.34. The summed E-state index contributed by atoms with van der Waals surface area (Å²) in [6.45, 7) is 16.0. The number of carbonyl (C=O) groups excluding carboxylic acids is 1. The number of hydroxylamine groups is 2. The van der Waals surface area contributed by atoms with Crippen LogP contribution in [0.5, 0.6) is 11.5 Å². The molecule has 1 aromatic heterocycles. The predicted molar refractivity (Wildman–Crippen MR) is 204 cm³/mol. The van der Waals surface area contributed by atoms with Crippen LogP contribution in [0.25, 0.3) is 10.8 Å². The molecule has 4 aromatic rings. The number of hydrogen-bond acceptors (Lipinski definition) is 10. The quantitative estimate of drug-likeness (QED) is 0.0454. The van der Waals surface area contributed by atoms with E-state index in [9.17, 15) is 4.79 Å². The Morgan fingerprint density at radius 2 is 1.69 bits per heavy atom. The van der Waals surface area contributed by atoms with Crippen LogP contribution in [0.2, 0.25) is 25.7 Å². The topological polar surface area (TPSA) is 97.8 Å². The average molecular weight is 731 g/mol. The van der Waals surface area contributed by atoms with E-state index in [-0.39, 0.29) is 18.8 Å². The Morgan fingerprint density at radius 1 is 0.885 bits per heavy atom. The lowest BCUT2D eigenvalue weighted by atomic mass is 9.87. The molecule has 3 aromatic carbocycles. The monoisotopic (exact) mass is 730 g/mol. The van der Waals surface area contributed by atoms with Gasteiger partial charge in [0.2, 0.25) is 0 Å². The smallest absolute Gasteiger partial charge is 0.491 e. The lowest BCUT2D eigenvalue weighted by molar-refractivity contribution is -0.179. The van der Waals surface area contributed by atoms with Gasteiger partial charge in [0.15, 0.2) is 6.79 Å². The Labute approximate surface area is 309 Å². The zero-order valence-corrected chi connectivity index (χ0v) is 32.5. The Hall–Kier alpha value is -4.00. The molecule has 0 radical (unpaired) electrons. The average Bonchev–Trinajstić information content (AvgIpc) is 3.10. The van der Waals surface area contributed by atoms with Crippen molar-refractivity contribution in [2.45, 2.75) is 83.7 Å². The van der Waals surface area contributed by atoms with Crippen molar-refractivity contribution >= 4 is 25.0 Å². The second-order valence-corrected chi connectivity index (χ2v) is 20.9. The predicted octanol–water partition coefficient (Wildman–Crippen LogP) is 8.76. The van der Waals surface area contributed by atoms with Gasteiger partial charge >= 0.3 is 6.16 Å². The van der Waals surface area contributed by atoms with Crippen molar-refractivity contribution in [3.63, 3.8) is 0 Å². The van der Waals surface area contributed by atoms with E-state index in [0.29, 0.717) is 46.1 Å². The fourth-order valence-corrected chi connectivity index (χ4v) is 6.64. The number of carbonyl (C=O) groups is 1. The number of rotatable bonds is 17. The molecule has 1 fully saturated rings. The Kier molecular flexibility index (Phi) is 14.1. The van der Waals surface area contributed by atoms with Crippen LogP contribution in [-0.2, 0) is 37.0 Å². The number of fused-ring (bicyclic) bond motifs is 1. The highest BCUT2D eigenvalue weighted by molar-refractivity contribution is 6.76. The third kappa shape index (κ3) is 12.9. The molecule has 5 rings (SSSR count). The van der Waals surface area contributed by atoms with Crippen LogP contribution in [0.3, 0.4) is 0 Å². The Morgan fingerprint density at radius 3 is 2.44 bits per heavy atom. The van der Waals surface area contributed by atoms with Gasteiger partial charge < -0.3 is 33.3 Å². The van der Waals surface area contributed by atoms with Crippen molar-refractivity contribution in [2.24, 2.45) is 0 Å². The maximum absolute atomic E-state index is 12.6. The minimum Gasteiger partial charge on any atom is -0.491 e. The van der Waals surface area contributed by atoms with Crippen molar-refractivity contribution in [3.8, 4) is 11.5 Å². The summed E-state index contributed by atoms with van der Waals surface area (Å²) < 4.78 is 35.8. The molecular formula is C41H54N2O8Si. The largest absolute Gasteiger partial charge is 0.528 e. The summed E-state index contributed by atoms with van der Waals surface area (Å²) in [5, 5.41) is 3.73. The summed E-state index contributed by atoms with van der Waals surface area (Å²) in [6.07, 6.45) is 3.27. The Balaban J connectivity index is 1.23. The highest BCUT2D eigenvalue weighted by Gasteiger charge is 2.34. The van der Waals surface area contributed by atoms with Gasteiger partial charge in [-0.2, -0.15) is 0 Å². The minimum absolute atomic E-state index is 0.0614. The molecule has 2 heterocycles. The molecule has 1 saturated heterocycles. The van der Waals surface area contributed by atoms with Gasteiger partial charge in [-0.1, -0.05) is 62.1 Å². The maximum Gasteiger partial charge on any atom is 0.528 e. The second kappa shape index (κ2) is 18.7. The Bertz CT molecular complexity index is 1690. The molecule has 2 atom stereocenters. The van der Waals surface area contributed by atoms with Gasteiger partial charge in [0.25, 0.3) is 0 Å². The first-order chi connectivity index (χ1) is 24.9. The van der Waals surface area contributed by atoms with Crippen molar-refractivity contribution in [1.29, 1.82) is 0 Å². The van der Waals surface area contributed by atoms with Crippen LogP contribution in [0.1, 0.15) is 49.8 Å². The summed E-state index contributed by atoms with van der Waals surface area (Å²) in [6, 6.07) is 25.4. The van der Waals surface area contributed by atoms with Gasteiger partial charge in [-0.05, 0) is 85.6 Å². The zero-order chi connectivity index (χ0) is 37.0. The summed E-state index contributed by atoms with van der Waals surface area (Å²) in [7, 11) is -1.19. The molecule has 10 nitrogen and oxygen atoms in total. The molecule has 0 aliphatic carbocycles. The first-order valence-electron chi connectivity index (χ1n) is 18.1. The number of aromatic nitrogens is 1. The van der Waals surface area contributed by atoms with Crippen LogP contribution in [0.4, 0.5) is 4.79 Å². The second-order valence-electron chi connectivity index (χ2n) is 15.3. The molecule has 11 heteroatoms. The van der Waals surface area contributed by atoms with E-state index in [2.05, 4.69) is 55.0 Å². The zero-order valence-electron chi connectivity index (χ0n) is 31.5. The SMILES string of the molecule is CC(C)(C)OC(=O)ON1CCC(c2ccc(OCCOCc3cccnc3)cc2)C(OCc2cc(OCOCC[Si](C)(C)C)c3ccccc3c2)C1. The van der Waals surface area contributed by atoms with E-state index >= 15 is 0 Å². The van der Waals surface area contributed by atoms with E-state index < -0.39 is 19.8 Å². The molecule has 0 N–H and O–H groups in total. The third-order valence-electron chi connectivity index (χ3n) is 8.55. The van der Waals surface area contributed by atoms with Crippen LogP contribution in [0, 0.1) is 0 Å². The van der Waals surface area contributed by atoms with Gasteiger partial charge in [0, 0.05) is 44.9 Å². The maximum atomic E-state index is 12.6. The van der Waals surface area contributed by atoms with Crippen molar-refractivity contribution in [3.05, 3.63) is 102 Å². The molecule has 0 bridgehead atoms. The number of piperidine rings is 1. The van der Waals surface area contributed by atoms with Crippen molar-refractivity contribution in [1.82, 2.24) is 10.0 Å². The van der Waals surface area contributed by atoms with Gasteiger partial charge in [-0.15, -0.1) is 5.06 Å². The molecular weight excluding hydrogens is 677 g/mol. The lowest BCUT2D eigenvalue weighted by Crippen LogP contribution is -2.45. The van der Waals surface area contributed by atoms with Crippen LogP contribution >= 0.6 is 0 Å². The number of nitrogens with zero attached hydrogens (tertiary/aromatic N) is 2. The highest BCUT2D eigenvalue weighted by atomic mass is 28.3. The number of benzene rings is 3. The van der Waals surface area contributed by atoms with Crippen LogP contribution < -0.4 is 9.47 Å². The van der Waals surface area contributed by atoms with Gasteiger partial charge in [0.05, 0.1) is 32.5 Å². The third-order valence-corrected chi connectivity index (χ3v) is 10.3. The summed E-state index contributed by atoms with van der Waals surface area (Å²) in [5.41, 5.74) is 2.48. The summed E-state index contributed by atoms with van der Waals surface area (Å²) in [4.78, 5) is 22.3. The summed E-state index contributed by atoms with van der Waals surface area (Å²) in [5.74, 6) is 1.59. The normalized spacial score (nSPS) is 16.8. The molecule has 1 aliphatic rings. The van der Waals surface area contributed by atoms with Crippen LogP contribution in [-0.4, -0.2) is 75.7 Å².